The molecule has 3 fully saturated rings. The van der Waals surface area contributed by atoms with Crippen LogP contribution in [0.25, 0.3) is 0 Å². The van der Waals surface area contributed by atoms with Crippen molar-refractivity contribution in [3.8, 4) is 0 Å². The second kappa shape index (κ2) is 4.93. The third kappa shape index (κ3) is 1.67. The van der Waals surface area contributed by atoms with E-state index in [4.69, 9.17) is 9.47 Å². The molecule has 0 aromatic heterocycles. The lowest BCUT2D eigenvalue weighted by Gasteiger charge is -2.55. The monoisotopic (exact) mass is 368 g/mol. The third-order valence-corrected chi connectivity index (χ3v) is 7.77. The number of methoxy groups -OCH3 is 1. The van der Waals surface area contributed by atoms with Crippen LogP contribution in [0.4, 0.5) is 5.69 Å². The van der Waals surface area contributed by atoms with Gasteiger partial charge >= 0.3 is 5.97 Å². The van der Waals surface area contributed by atoms with Crippen LogP contribution < -0.4 is 5.32 Å². The number of benzene rings is 1. The summed E-state index contributed by atoms with van der Waals surface area (Å²) < 4.78 is 11.2. The molecule has 1 aromatic carbocycles. The number of nitrogens with zero attached hydrogens (tertiary/aromatic N) is 1. The molecule has 1 spiro atoms. The zero-order valence-electron chi connectivity index (χ0n) is 15.6. The third-order valence-electron chi connectivity index (χ3n) is 7.77. The fourth-order valence-electron chi connectivity index (χ4n) is 6.79. The van der Waals surface area contributed by atoms with Crippen molar-refractivity contribution in [2.45, 2.75) is 49.5 Å². The van der Waals surface area contributed by atoms with Gasteiger partial charge in [0.15, 0.2) is 0 Å². The number of carbonyl (C=O) groups excluding carboxylic acids is 1. The number of fused-ring (bicyclic) bond motifs is 3. The largest absolute Gasteiger partial charge is 0.466 e. The first-order chi connectivity index (χ1) is 13.0. The van der Waals surface area contributed by atoms with Gasteiger partial charge in [0.05, 0.1) is 36.4 Å². The quantitative estimate of drug-likeness (QED) is 0.607. The molecule has 0 bridgehead atoms. The van der Waals surface area contributed by atoms with Crippen LogP contribution in [0, 0.1) is 5.41 Å². The van der Waals surface area contributed by atoms with Crippen LogP contribution in [0.2, 0.25) is 0 Å². The van der Waals surface area contributed by atoms with Gasteiger partial charge in [0.1, 0.15) is 0 Å². The van der Waals surface area contributed by atoms with Crippen LogP contribution in [-0.4, -0.2) is 60.5 Å². The van der Waals surface area contributed by atoms with Crippen LogP contribution in [-0.2, 0) is 19.7 Å². The number of aliphatic hydroxyl groups is 1. The molecule has 2 N–H and O–H groups in total. The standard InChI is InChI=1S/C21H24N2O4/c1-11(24)21-9-12(18(25)26-2)16-20(13-5-3-4-6-14(13)22-16)7-8-23(19(20)21)10-15-17(21)27-15/h3-6,11,15,17,19,22,24H,7-10H2,1-2H3/t11?,15-,17-,19+,20-,21-/m0/s1. The minimum absolute atomic E-state index is 0.00249. The van der Waals surface area contributed by atoms with Crippen molar-refractivity contribution in [3.05, 3.63) is 41.1 Å². The number of ether oxygens (including phenoxy) is 2. The summed E-state index contributed by atoms with van der Waals surface area (Å²) in [4.78, 5) is 15.3. The predicted molar refractivity (Wildman–Crippen MR) is 98.2 cm³/mol. The van der Waals surface area contributed by atoms with E-state index in [1.54, 1.807) is 0 Å². The molecule has 142 valence electrons. The van der Waals surface area contributed by atoms with Crippen molar-refractivity contribution in [1.29, 1.82) is 0 Å². The smallest absolute Gasteiger partial charge is 0.335 e. The number of anilines is 1. The van der Waals surface area contributed by atoms with Crippen LogP contribution in [0.5, 0.6) is 0 Å². The van der Waals surface area contributed by atoms with Gasteiger partial charge in [-0.25, -0.2) is 4.79 Å². The Bertz CT molecular complexity index is 896. The molecule has 0 saturated carbocycles. The lowest BCUT2D eigenvalue weighted by atomic mass is 9.52. The maximum atomic E-state index is 12.8. The SMILES string of the molecule is COC(=O)C1=C2Nc3ccccc3[C@@]23CCN2C[C@@H]4O[C@@H]4[C@@](C(C)O)(C1)[C@H]23. The van der Waals surface area contributed by atoms with Crippen LogP contribution >= 0.6 is 0 Å². The molecule has 27 heavy (non-hydrogen) atoms. The summed E-state index contributed by atoms with van der Waals surface area (Å²) in [5.41, 5.74) is 3.15. The average Bonchev–Trinajstić information content (AvgIpc) is 3.25. The van der Waals surface area contributed by atoms with Crippen molar-refractivity contribution >= 4 is 11.7 Å². The van der Waals surface area contributed by atoms with Gasteiger partial charge in [0.25, 0.3) is 0 Å². The van der Waals surface area contributed by atoms with Crippen LogP contribution in [0.3, 0.4) is 0 Å². The molecule has 0 radical (unpaired) electrons. The molecule has 6 heteroatoms. The summed E-state index contributed by atoms with van der Waals surface area (Å²) in [6, 6.07) is 8.46. The fraction of sp³-hybridized carbons (Fsp3) is 0.571. The highest BCUT2D eigenvalue weighted by Gasteiger charge is 2.75. The lowest BCUT2D eigenvalue weighted by Crippen LogP contribution is -2.66. The minimum atomic E-state index is -0.579. The van der Waals surface area contributed by atoms with Gasteiger partial charge in [0.2, 0.25) is 0 Å². The van der Waals surface area contributed by atoms with E-state index in [9.17, 15) is 9.90 Å². The van der Waals surface area contributed by atoms with E-state index >= 15 is 0 Å². The number of rotatable bonds is 2. The lowest BCUT2D eigenvalue weighted by molar-refractivity contribution is -0.138. The van der Waals surface area contributed by atoms with E-state index in [1.807, 2.05) is 13.0 Å². The fourth-order valence-corrected chi connectivity index (χ4v) is 6.79. The first-order valence-electron chi connectivity index (χ1n) is 9.80. The van der Waals surface area contributed by atoms with E-state index in [-0.39, 0.29) is 29.6 Å². The van der Waals surface area contributed by atoms with Crippen molar-refractivity contribution in [2.24, 2.45) is 5.41 Å². The Balaban J connectivity index is 1.67. The molecule has 0 amide bonds. The molecule has 6 rings (SSSR count). The average molecular weight is 368 g/mol. The topological polar surface area (TPSA) is 74.3 Å². The zero-order valence-corrected chi connectivity index (χ0v) is 15.6. The van der Waals surface area contributed by atoms with Crippen molar-refractivity contribution in [3.63, 3.8) is 0 Å². The number of epoxide rings is 1. The van der Waals surface area contributed by atoms with Crippen LogP contribution in [0.1, 0.15) is 25.3 Å². The summed E-state index contributed by atoms with van der Waals surface area (Å²) in [5, 5.41) is 14.6. The van der Waals surface area contributed by atoms with Crippen molar-refractivity contribution < 1.29 is 19.4 Å². The van der Waals surface area contributed by atoms with E-state index in [1.165, 1.54) is 12.7 Å². The highest BCUT2D eigenvalue weighted by atomic mass is 16.6. The Kier molecular flexibility index (Phi) is 2.94. The van der Waals surface area contributed by atoms with Crippen molar-refractivity contribution in [1.82, 2.24) is 4.90 Å². The Morgan fingerprint density at radius 1 is 1.44 bits per heavy atom. The number of carbonyl (C=O) groups is 1. The van der Waals surface area contributed by atoms with E-state index in [0.29, 0.717) is 12.0 Å². The van der Waals surface area contributed by atoms with Gasteiger partial charge in [-0.15, -0.1) is 0 Å². The van der Waals surface area contributed by atoms with Crippen LogP contribution in [0.15, 0.2) is 35.5 Å². The number of hydrogen-bond acceptors (Lipinski definition) is 6. The second-order valence-corrected chi connectivity index (χ2v) is 8.69. The van der Waals surface area contributed by atoms with E-state index < -0.39 is 11.5 Å². The van der Waals surface area contributed by atoms with Gasteiger partial charge in [-0.2, -0.15) is 0 Å². The number of esters is 1. The molecule has 5 aliphatic rings. The Labute approximate surface area is 158 Å². The highest BCUT2D eigenvalue weighted by molar-refractivity contribution is 5.93. The van der Waals surface area contributed by atoms with Gasteiger partial charge in [-0.05, 0) is 37.9 Å². The maximum Gasteiger partial charge on any atom is 0.335 e. The van der Waals surface area contributed by atoms with Gasteiger partial charge in [0, 0.05) is 29.4 Å². The summed E-state index contributed by atoms with van der Waals surface area (Å²) in [7, 11) is 1.43. The normalized spacial score (nSPS) is 41.8. The second-order valence-electron chi connectivity index (χ2n) is 8.69. The molecule has 1 aliphatic carbocycles. The van der Waals surface area contributed by atoms with E-state index in [2.05, 4.69) is 28.4 Å². The summed E-state index contributed by atoms with van der Waals surface area (Å²) in [6.07, 6.45) is 1.01. The van der Waals surface area contributed by atoms with Gasteiger partial charge < -0.3 is 19.9 Å². The highest BCUT2D eigenvalue weighted by Crippen LogP contribution is 2.68. The number of aliphatic hydroxyl groups excluding tert-OH is 1. The Morgan fingerprint density at radius 2 is 2.26 bits per heavy atom. The Hall–Kier alpha value is -1.89. The molecule has 6 atom stereocenters. The number of piperidine rings is 1. The van der Waals surface area contributed by atoms with Crippen molar-refractivity contribution in [2.75, 3.05) is 25.5 Å². The number of nitrogens with one attached hydrogen (secondary N) is 1. The molecular weight excluding hydrogens is 344 g/mol. The zero-order chi connectivity index (χ0) is 18.6. The first-order valence-corrected chi connectivity index (χ1v) is 9.80. The maximum absolute atomic E-state index is 12.8. The summed E-state index contributed by atoms with van der Waals surface area (Å²) in [6.45, 7) is 3.72. The molecule has 1 aromatic rings. The molecule has 6 nitrogen and oxygen atoms in total. The predicted octanol–water partition coefficient (Wildman–Crippen LogP) is 1.40. The molecule has 1 unspecified atom stereocenters. The minimum Gasteiger partial charge on any atom is -0.466 e. The van der Waals surface area contributed by atoms with E-state index in [0.717, 1.165) is 30.9 Å². The first kappa shape index (κ1) is 16.1. The van der Waals surface area contributed by atoms with Gasteiger partial charge in [-0.3, -0.25) is 4.90 Å². The van der Waals surface area contributed by atoms with Gasteiger partial charge in [-0.1, -0.05) is 18.2 Å². The Morgan fingerprint density at radius 3 is 3.04 bits per heavy atom. The molecule has 4 heterocycles. The number of hydrogen-bond donors (Lipinski definition) is 2. The number of para-hydroxylation sites is 1. The molecule has 3 saturated heterocycles. The molecule has 4 aliphatic heterocycles. The summed E-state index contributed by atoms with van der Waals surface area (Å²) >= 11 is 0. The molecular formula is C21H24N2O4. The summed E-state index contributed by atoms with van der Waals surface area (Å²) in [5.74, 6) is -0.302.